The van der Waals surface area contributed by atoms with Crippen LogP contribution in [-0.4, -0.2) is 31.6 Å². The molecule has 2 fully saturated rings. The van der Waals surface area contributed by atoms with Gasteiger partial charge in [0.05, 0.1) is 24.8 Å². The maximum Gasteiger partial charge on any atom is 0.240 e. The van der Waals surface area contributed by atoms with E-state index in [0.29, 0.717) is 18.0 Å². The number of carbonyl (C=O) groups is 2. The van der Waals surface area contributed by atoms with Crippen molar-refractivity contribution in [3.05, 3.63) is 24.3 Å². The van der Waals surface area contributed by atoms with Gasteiger partial charge in [-0.05, 0) is 37.1 Å². The Morgan fingerprint density at radius 2 is 2.00 bits per heavy atom. The second-order valence-electron chi connectivity index (χ2n) is 5.13. The number of anilines is 1. The number of ether oxygens (including phenoxy) is 2. The molecule has 3 rings (SSSR count). The Morgan fingerprint density at radius 3 is 2.60 bits per heavy atom. The molecule has 20 heavy (non-hydrogen) atoms. The molecule has 2 atom stereocenters. The summed E-state index contributed by atoms with van der Waals surface area (Å²) >= 11 is 0. The van der Waals surface area contributed by atoms with Gasteiger partial charge in [0.2, 0.25) is 11.8 Å². The van der Waals surface area contributed by atoms with E-state index < -0.39 is 0 Å². The van der Waals surface area contributed by atoms with Crippen LogP contribution in [0.15, 0.2) is 24.3 Å². The van der Waals surface area contributed by atoms with Gasteiger partial charge >= 0.3 is 0 Å². The zero-order chi connectivity index (χ0) is 14.1. The van der Waals surface area contributed by atoms with Crippen molar-refractivity contribution in [3.8, 4) is 5.75 Å². The van der Waals surface area contributed by atoms with Crippen molar-refractivity contribution < 1.29 is 19.1 Å². The highest BCUT2D eigenvalue weighted by Crippen LogP contribution is 2.33. The molecule has 0 unspecified atom stereocenters. The number of nitrogens with zero attached hydrogens (tertiary/aromatic N) is 1. The van der Waals surface area contributed by atoms with E-state index in [2.05, 4.69) is 0 Å². The van der Waals surface area contributed by atoms with E-state index in [4.69, 9.17) is 9.47 Å². The van der Waals surface area contributed by atoms with E-state index in [0.717, 1.165) is 12.8 Å². The molecule has 1 aromatic rings. The smallest absolute Gasteiger partial charge is 0.240 e. The minimum Gasteiger partial charge on any atom is -0.497 e. The Kier molecular flexibility index (Phi) is 3.44. The van der Waals surface area contributed by atoms with Crippen LogP contribution in [-0.2, 0) is 14.3 Å². The topological polar surface area (TPSA) is 55.8 Å². The van der Waals surface area contributed by atoms with Gasteiger partial charge < -0.3 is 9.47 Å². The van der Waals surface area contributed by atoms with Crippen molar-refractivity contribution in [1.82, 2.24) is 0 Å². The van der Waals surface area contributed by atoms with Crippen molar-refractivity contribution >= 4 is 17.5 Å². The Bertz CT molecular complexity index is 519. The maximum atomic E-state index is 12.5. The molecule has 2 amide bonds. The standard InChI is InChI=1S/C15H17NO4/c1-19-11-6-4-10(5-7-11)16-14(17)9-12(15(16)18)13-3-2-8-20-13/h4-7,12-13H,2-3,8-9H2,1H3/t12-,13+/m0/s1. The van der Waals surface area contributed by atoms with Gasteiger partial charge in [0.15, 0.2) is 0 Å². The van der Waals surface area contributed by atoms with Crippen LogP contribution < -0.4 is 9.64 Å². The molecular formula is C15H17NO4. The SMILES string of the molecule is COc1ccc(N2C(=O)C[C@@H]([C@H]3CCCO3)C2=O)cc1. The van der Waals surface area contributed by atoms with Gasteiger partial charge in [0.1, 0.15) is 5.75 Å². The molecule has 0 aromatic heterocycles. The Balaban J connectivity index is 1.82. The highest BCUT2D eigenvalue weighted by molar-refractivity contribution is 6.21. The minimum atomic E-state index is -0.327. The first-order valence-electron chi connectivity index (χ1n) is 6.83. The molecule has 0 spiro atoms. The molecular weight excluding hydrogens is 258 g/mol. The summed E-state index contributed by atoms with van der Waals surface area (Å²) in [6.07, 6.45) is 1.97. The molecule has 2 aliphatic rings. The summed E-state index contributed by atoms with van der Waals surface area (Å²) < 4.78 is 10.6. The second kappa shape index (κ2) is 5.25. The fourth-order valence-corrected chi connectivity index (χ4v) is 2.87. The van der Waals surface area contributed by atoms with E-state index in [-0.39, 0.29) is 30.3 Å². The van der Waals surface area contributed by atoms with Crippen LogP contribution in [0.1, 0.15) is 19.3 Å². The van der Waals surface area contributed by atoms with Gasteiger partial charge in [-0.2, -0.15) is 0 Å². The van der Waals surface area contributed by atoms with Gasteiger partial charge in [0, 0.05) is 13.0 Å². The summed E-state index contributed by atoms with van der Waals surface area (Å²) in [5.74, 6) is 0.0726. The first-order chi connectivity index (χ1) is 9.70. The highest BCUT2D eigenvalue weighted by atomic mass is 16.5. The molecule has 2 aliphatic heterocycles. The van der Waals surface area contributed by atoms with Crippen LogP contribution in [0.3, 0.4) is 0 Å². The molecule has 0 saturated carbocycles. The Morgan fingerprint density at radius 1 is 1.25 bits per heavy atom. The average Bonchev–Trinajstić information content (AvgIpc) is 3.07. The summed E-state index contributed by atoms with van der Waals surface area (Å²) in [7, 11) is 1.58. The van der Waals surface area contributed by atoms with E-state index in [1.54, 1.807) is 31.4 Å². The summed E-state index contributed by atoms with van der Waals surface area (Å²) in [5, 5.41) is 0. The largest absolute Gasteiger partial charge is 0.497 e. The lowest BCUT2D eigenvalue weighted by atomic mass is 9.98. The maximum absolute atomic E-state index is 12.5. The molecule has 0 radical (unpaired) electrons. The van der Waals surface area contributed by atoms with Gasteiger partial charge in [-0.15, -0.1) is 0 Å². The van der Waals surface area contributed by atoms with E-state index >= 15 is 0 Å². The zero-order valence-corrected chi connectivity index (χ0v) is 11.4. The fraction of sp³-hybridized carbons (Fsp3) is 0.467. The van der Waals surface area contributed by atoms with Crippen molar-refractivity contribution in [2.45, 2.75) is 25.4 Å². The van der Waals surface area contributed by atoms with Gasteiger partial charge in [-0.25, -0.2) is 0 Å². The quantitative estimate of drug-likeness (QED) is 0.789. The fourth-order valence-electron chi connectivity index (χ4n) is 2.87. The third-order valence-electron chi connectivity index (χ3n) is 3.93. The van der Waals surface area contributed by atoms with Gasteiger partial charge in [0.25, 0.3) is 0 Å². The average molecular weight is 275 g/mol. The van der Waals surface area contributed by atoms with Crippen molar-refractivity contribution in [2.24, 2.45) is 5.92 Å². The number of amides is 2. The minimum absolute atomic E-state index is 0.102. The Labute approximate surface area is 117 Å². The lowest BCUT2D eigenvalue weighted by molar-refractivity contribution is -0.124. The monoisotopic (exact) mass is 275 g/mol. The molecule has 1 aromatic carbocycles. The lowest BCUT2D eigenvalue weighted by Crippen LogP contribution is -2.33. The molecule has 5 nitrogen and oxygen atoms in total. The molecule has 106 valence electrons. The summed E-state index contributed by atoms with van der Waals surface area (Å²) in [6, 6.07) is 6.95. The van der Waals surface area contributed by atoms with E-state index in [9.17, 15) is 9.59 Å². The highest BCUT2D eigenvalue weighted by Gasteiger charge is 2.44. The van der Waals surface area contributed by atoms with Crippen LogP contribution >= 0.6 is 0 Å². The summed E-state index contributed by atoms with van der Waals surface area (Å²) in [4.78, 5) is 25.8. The third-order valence-corrected chi connectivity index (χ3v) is 3.93. The van der Waals surface area contributed by atoms with Crippen LogP contribution in [0.5, 0.6) is 5.75 Å². The number of carbonyl (C=O) groups excluding carboxylic acids is 2. The number of methoxy groups -OCH3 is 1. The number of hydrogen-bond acceptors (Lipinski definition) is 4. The Hall–Kier alpha value is -1.88. The molecule has 0 aliphatic carbocycles. The summed E-state index contributed by atoms with van der Waals surface area (Å²) in [5.41, 5.74) is 0.598. The van der Waals surface area contributed by atoms with E-state index in [1.165, 1.54) is 4.90 Å². The lowest BCUT2D eigenvalue weighted by Gasteiger charge is -2.18. The number of rotatable bonds is 3. The molecule has 2 heterocycles. The summed E-state index contributed by atoms with van der Waals surface area (Å²) in [6.45, 7) is 0.686. The van der Waals surface area contributed by atoms with Crippen LogP contribution in [0.2, 0.25) is 0 Å². The second-order valence-corrected chi connectivity index (χ2v) is 5.13. The molecule has 2 saturated heterocycles. The first kappa shape index (κ1) is 13.1. The van der Waals surface area contributed by atoms with Crippen LogP contribution in [0, 0.1) is 5.92 Å². The zero-order valence-electron chi connectivity index (χ0n) is 11.4. The van der Waals surface area contributed by atoms with Crippen molar-refractivity contribution in [3.63, 3.8) is 0 Å². The molecule has 5 heteroatoms. The van der Waals surface area contributed by atoms with Gasteiger partial charge in [-0.1, -0.05) is 0 Å². The number of hydrogen-bond donors (Lipinski definition) is 0. The predicted molar refractivity (Wildman–Crippen MR) is 72.6 cm³/mol. The number of benzene rings is 1. The predicted octanol–water partition coefficient (Wildman–Crippen LogP) is 1.75. The number of imide groups is 1. The van der Waals surface area contributed by atoms with Gasteiger partial charge in [-0.3, -0.25) is 14.5 Å². The van der Waals surface area contributed by atoms with Crippen molar-refractivity contribution in [2.75, 3.05) is 18.6 Å². The molecule has 0 bridgehead atoms. The normalized spacial score (nSPS) is 26.4. The third kappa shape index (κ3) is 2.18. The molecule has 0 N–H and O–H groups in total. The van der Waals surface area contributed by atoms with E-state index in [1.807, 2.05) is 0 Å². The van der Waals surface area contributed by atoms with Crippen molar-refractivity contribution in [1.29, 1.82) is 0 Å². The van der Waals surface area contributed by atoms with Crippen LogP contribution in [0.25, 0.3) is 0 Å². The van der Waals surface area contributed by atoms with Crippen LogP contribution in [0.4, 0.5) is 5.69 Å². The first-order valence-corrected chi connectivity index (χ1v) is 6.83.